The van der Waals surface area contributed by atoms with E-state index in [-0.39, 0.29) is 10.7 Å². The highest BCUT2D eigenvalue weighted by Gasteiger charge is 2.25. The Kier molecular flexibility index (Phi) is 5.55. The molecule has 144 valence electrons. The van der Waals surface area contributed by atoms with Gasteiger partial charge in [0.1, 0.15) is 5.75 Å². The Bertz CT molecular complexity index is 896. The number of rotatable bonds is 6. The zero-order chi connectivity index (χ0) is 19.6. The summed E-state index contributed by atoms with van der Waals surface area (Å²) in [7, 11) is 1.66. The highest BCUT2D eigenvalue weighted by Crippen LogP contribution is 2.35. The molecular formula is C19H25N5O2S. The van der Waals surface area contributed by atoms with E-state index in [1.165, 1.54) is 0 Å². The third-order valence-electron chi connectivity index (χ3n) is 4.12. The molecule has 0 saturated carbocycles. The topological polar surface area (TPSA) is 78.9 Å². The second kappa shape index (κ2) is 7.72. The van der Waals surface area contributed by atoms with Crippen LogP contribution in [0.15, 0.2) is 33.9 Å². The maximum absolute atomic E-state index is 5.46. The molecule has 0 fully saturated rings. The number of hydrogen-bond donors (Lipinski definition) is 0. The lowest BCUT2D eigenvalue weighted by molar-refractivity contribution is 0.364. The molecule has 2 aromatic heterocycles. The predicted octanol–water partition coefficient (Wildman–Crippen LogP) is 4.51. The van der Waals surface area contributed by atoms with Gasteiger partial charge in [-0.2, -0.15) is 4.98 Å². The zero-order valence-electron chi connectivity index (χ0n) is 16.6. The molecule has 0 saturated heterocycles. The van der Waals surface area contributed by atoms with E-state index in [0.29, 0.717) is 11.7 Å². The molecule has 0 radical (unpaired) electrons. The van der Waals surface area contributed by atoms with Crippen molar-refractivity contribution in [1.82, 2.24) is 24.9 Å². The van der Waals surface area contributed by atoms with E-state index in [4.69, 9.17) is 9.26 Å². The lowest BCUT2D eigenvalue weighted by atomic mass is 9.96. The van der Waals surface area contributed by atoms with Crippen molar-refractivity contribution in [3.63, 3.8) is 0 Å². The smallest absolute Gasteiger partial charge is 0.239 e. The maximum Gasteiger partial charge on any atom is 0.239 e. The summed E-state index contributed by atoms with van der Waals surface area (Å²) in [5.41, 5.74) is 0.856. The first-order valence-corrected chi connectivity index (χ1v) is 9.79. The van der Waals surface area contributed by atoms with Crippen LogP contribution < -0.4 is 4.74 Å². The van der Waals surface area contributed by atoms with Crippen molar-refractivity contribution in [3.05, 3.63) is 36.0 Å². The normalized spacial score (nSPS) is 13.0. The first kappa shape index (κ1) is 19.4. The van der Waals surface area contributed by atoms with Crippen molar-refractivity contribution in [2.75, 3.05) is 7.11 Å². The molecule has 0 aliphatic rings. The van der Waals surface area contributed by atoms with Crippen molar-refractivity contribution in [3.8, 4) is 17.1 Å². The summed E-state index contributed by atoms with van der Waals surface area (Å²) in [6, 6.07) is 7.82. The molecule has 0 bridgehead atoms. The Hall–Kier alpha value is -2.35. The Balaban J connectivity index is 1.83. The summed E-state index contributed by atoms with van der Waals surface area (Å²) in [5, 5.41) is 13.7. The third-order valence-corrected chi connectivity index (χ3v) is 5.19. The van der Waals surface area contributed by atoms with Gasteiger partial charge in [-0.3, -0.25) is 0 Å². The highest BCUT2D eigenvalue weighted by molar-refractivity contribution is 7.99. The van der Waals surface area contributed by atoms with E-state index in [9.17, 15) is 0 Å². The molecule has 3 aromatic rings. The summed E-state index contributed by atoms with van der Waals surface area (Å²) < 4.78 is 12.8. The van der Waals surface area contributed by atoms with Gasteiger partial charge in [0.25, 0.3) is 0 Å². The molecule has 0 amide bonds. The van der Waals surface area contributed by atoms with Crippen LogP contribution in [0.3, 0.4) is 0 Å². The highest BCUT2D eigenvalue weighted by atomic mass is 32.2. The van der Waals surface area contributed by atoms with Crippen LogP contribution in [0.2, 0.25) is 0 Å². The monoisotopic (exact) mass is 387 g/mol. The molecular weight excluding hydrogens is 362 g/mol. The van der Waals surface area contributed by atoms with Crippen LogP contribution in [0.5, 0.6) is 5.75 Å². The Morgan fingerprint density at radius 2 is 1.89 bits per heavy atom. The van der Waals surface area contributed by atoms with Crippen LogP contribution in [0.1, 0.15) is 51.6 Å². The van der Waals surface area contributed by atoms with Crippen LogP contribution in [-0.4, -0.2) is 32.0 Å². The van der Waals surface area contributed by atoms with Gasteiger partial charge in [0.2, 0.25) is 5.89 Å². The Morgan fingerprint density at radius 3 is 2.44 bits per heavy atom. The van der Waals surface area contributed by atoms with Gasteiger partial charge >= 0.3 is 0 Å². The summed E-state index contributed by atoms with van der Waals surface area (Å²) in [5.74, 6) is 2.95. The number of thioether (sulfide) groups is 1. The van der Waals surface area contributed by atoms with E-state index in [2.05, 4.69) is 52.6 Å². The van der Waals surface area contributed by atoms with Crippen LogP contribution >= 0.6 is 11.8 Å². The largest absolute Gasteiger partial charge is 0.497 e. The quantitative estimate of drug-likeness (QED) is 0.576. The van der Waals surface area contributed by atoms with Crippen molar-refractivity contribution in [2.45, 2.75) is 57.0 Å². The maximum atomic E-state index is 5.46. The molecule has 1 atom stereocenters. The number of hydrogen-bond acceptors (Lipinski definition) is 7. The zero-order valence-corrected chi connectivity index (χ0v) is 17.4. The third kappa shape index (κ3) is 4.16. The van der Waals surface area contributed by atoms with Crippen molar-refractivity contribution >= 4 is 11.8 Å². The van der Waals surface area contributed by atoms with Gasteiger partial charge in [-0.25, -0.2) is 0 Å². The second-order valence-electron chi connectivity index (χ2n) is 7.25. The lowest BCUT2D eigenvalue weighted by Gasteiger charge is -2.11. The van der Waals surface area contributed by atoms with Gasteiger partial charge in [-0.15, -0.1) is 10.2 Å². The molecule has 0 N–H and O–H groups in total. The van der Waals surface area contributed by atoms with Gasteiger partial charge in [0.05, 0.1) is 12.4 Å². The summed E-state index contributed by atoms with van der Waals surface area (Å²) in [6.07, 6.45) is 0. The van der Waals surface area contributed by atoms with Gasteiger partial charge < -0.3 is 13.8 Å². The van der Waals surface area contributed by atoms with Crippen LogP contribution in [0.25, 0.3) is 11.4 Å². The van der Waals surface area contributed by atoms with E-state index in [0.717, 1.165) is 28.8 Å². The summed E-state index contributed by atoms with van der Waals surface area (Å²) >= 11 is 1.56. The first-order chi connectivity index (χ1) is 12.8. The minimum Gasteiger partial charge on any atom is -0.497 e. The molecule has 0 aliphatic carbocycles. The standard InChI is InChI=1S/C19H25N5O2S/c1-7-24-15(13-8-10-14(25-6)11-9-13)21-22-18(24)27-12(2)16-20-17(23-26-16)19(3,4)5/h8-12H,7H2,1-6H3. The Morgan fingerprint density at radius 1 is 1.19 bits per heavy atom. The number of benzene rings is 1. The minimum atomic E-state index is -0.142. The molecule has 2 heterocycles. The van der Waals surface area contributed by atoms with Gasteiger partial charge in [0.15, 0.2) is 16.8 Å². The fourth-order valence-electron chi connectivity index (χ4n) is 2.53. The van der Waals surface area contributed by atoms with Gasteiger partial charge in [-0.1, -0.05) is 37.7 Å². The molecule has 1 unspecified atom stereocenters. The number of aromatic nitrogens is 5. The molecule has 3 rings (SSSR count). The average molecular weight is 388 g/mol. The molecule has 7 nitrogen and oxygen atoms in total. The molecule has 0 spiro atoms. The van der Waals surface area contributed by atoms with Crippen LogP contribution in [0, 0.1) is 0 Å². The van der Waals surface area contributed by atoms with Gasteiger partial charge in [-0.05, 0) is 38.1 Å². The van der Waals surface area contributed by atoms with Crippen LogP contribution in [0.4, 0.5) is 0 Å². The first-order valence-electron chi connectivity index (χ1n) is 8.91. The van der Waals surface area contributed by atoms with Crippen molar-refractivity contribution in [2.24, 2.45) is 0 Å². The fraction of sp³-hybridized carbons (Fsp3) is 0.474. The van der Waals surface area contributed by atoms with Gasteiger partial charge in [0, 0.05) is 17.5 Å². The van der Waals surface area contributed by atoms with E-state index in [1.807, 2.05) is 31.2 Å². The minimum absolute atomic E-state index is 0.0215. The second-order valence-corrected chi connectivity index (χ2v) is 8.55. The molecule has 1 aromatic carbocycles. The van der Waals surface area contributed by atoms with Crippen LogP contribution in [-0.2, 0) is 12.0 Å². The van der Waals surface area contributed by atoms with Crippen molar-refractivity contribution in [1.29, 1.82) is 0 Å². The molecule has 27 heavy (non-hydrogen) atoms. The summed E-state index contributed by atoms with van der Waals surface area (Å²) in [6.45, 7) is 11.1. The van der Waals surface area contributed by atoms with Crippen molar-refractivity contribution < 1.29 is 9.26 Å². The fourth-order valence-corrected chi connectivity index (χ4v) is 3.47. The van der Waals surface area contributed by atoms with E-state index < -0.39 is 0 Å². The summed E-state index contributed by atoms with van der Waals surface area (Å²) in [4.78, 5) is 4.55. The SMILES string of the molecule is CCn1c(SC(C)c2nc(C(C)(C)C)no2)nnc1-c1ccc(OC)cc1. The lowest BCUT2D eigenvalue weighted by Crippen LogP contribution is -2.13. The van der Waals surface area contributed by atoms with E-state index in [1.54, 1.807) is 18.9 Å². The average Bonchev–Trinajstić information content (AvgIpc) is 3.28. The Labute approximate surface area is 163 Å². The number of methoxy groups -OCH3 is 1. The molecule has 8 heteroatoms. The number of ether oxygens (including phenoxy) is 1. The number of nitrogens with zero attached hydrogens (tertiary/aromatic N) is 5. The predicted molar refractivity (Wildman–Crippen MR) is 105 cm³/mol. The van der Waals surface area contributed by atoms with E-state index >= 15 is 0 Å². The molecule has 0 aliphatic heterocycles.